The molecule has 6 heteroatoms. The van der Waals surface area contributed by atoms with E-state index in [1.165, 1.54) is 4.90 Å². The highest BCUT2D eigenvalue weighted by Gasteiger charge is 2.74. The number of nitrogens with one attached hydrogen (secondary N) is 1. The molecular formula is C24H26N3O3+. The van der Waals surface area contributed by atoms with Crippen molar-refractivity contribution in [3.8, 4) is 0 Å². The maximum Gasteiger partial charge on any atom is 0.291 e. The number of carbonyl (C=O) groups excluding carboxylic acids is 3. The number of para-hydroxylation sites is 1. The fourth-order valence-corrected chi connectivity index (χ4v) is 5.62. The molecule has 3 heterocycles. The van der Waals surface area contributed by atoms with Crippen molar-refractivity contribution in [2.45, 2.75) is 31.8 Å². The molecule has 2 aromatic rings. The number of carbonyl (C=O) groups is 3. The summed E-state index contributed by atoms with van der Waals surface area (Å²) in [5.41, 5.74) is 1.58. The van der Waals surface area contributed by atoms with Crippen LogP contribution in [0.15, 0.2) is 54.6 Å². The minimum Gasteiger partial charge on any atom is -0.326 e. The van der Waals surface area contributed by atoms with Crippen LogP contribution >= 0.6 is 0 Å². The third-order valence-electron chi connectivity index (χ3n) is 7.04. The number of nitrogens with two attached hydrogens (primary N) is 1. The first-order valence-electron chi connectivity index (χ1n) is 10.6. The minimum atomic E-state index is -1.07. The summed E-state index contributed by atoms with van der Waals surface area (Å²) in [6.07, 6.45) is 0.615. The molecule has 3 amide bonds. The number of nitrogens with zero attached hydrogens (tertiary/aromatic N) is 1. The molecule has 2 fully saturated rings. The Labute approximate surface area is 175 Å². The molecule has 2 aromatic carbocycles. The van der Waals surface area contributed by atoms with Crippen molar-refractivity contribution < 1.29 is 19.7 Å². The van der Waals surface area contributed by atoms with Crippen LogP contribution in [-0.2, 0) is 26.3 Å². The number of amides is 3. The van der Waals surface area contributed by atoms with E-state index in [0.29, 0.717) is 13.0 Å². The zero-order valence-electron chi connectivity index (χ0n) is 17.2. The van der Waals surface area contributed by atoms with Gasteiger partial charge in [-0.3, -0.25) is 19.3 Å². The van der Waals surface area contributed by atoms with Crippen LogP contribution in [0.4, 0.5) is 5.69 Å². The number of anilines is 1. The van der Waals surface area contributed by atoms with Crippen LogP contribution in [0.25, 0.3) is 0 Å². The lowest BCUT2D eigenvalue weighted by Crippen LogP contribution is -2.99. The van der Waals surface area contributed by atoms with E-state index in [4.69, 9.17) is 0 Å². The highest BCUT2D eigenvalue weighted by Crippen LogP contribution is 2.49. The number of imide groups is 1. The molecule has 4 atom stereocenters. The van der Waals surface area contributed by atoms with E-state index in [1.807, 2.05) is 59.9 Å². The zero-order chi connectivity index (χ0) is 21.0. The third kappa shape index (κ3) is 2.50. The Balaban J connectivity index is 1.54. The first-order valence-corrected chi connectivity index (χ1v) is 10.6. The first-order chi connectivity index (χ1) is 14.4. The predicted molar refractivity (Wildman–Crippen MR) is 111 cm³/mol. The van der Waals surface area contributed by atoms with Crippen molar-refractivity contribution in [3.05, 3.63) is 65.7 Å². The number of rotatable bonds is 4. The average molecular weight is 404 g/mol. The summed E-state index contributed by atoms with van der Waals surface area (Å²) in [7, 11) is 0. The van der Waals surface area contributed by atoms with Gasteiger partial charge in [0, 0.05) is 18.0 Å². The van der Waals surface area contributed by atoms with Gasteiger partial charge >= 0.3 is 0 Å². The standard InChI is InChI=1S/C24H25N3O3/c1-14(2)20-18-19(24(26-20)16-10-6-7-11-17(16)25-23(24)30)22(29)27(21(18)28)13-12-15-8-4-3-5-9-15/h3-11,14,18-20,26H,12-13H2,1-2H3,(H,25,30)/p+1/t18-,19-,20-,24-/m0/s1. The van der Waals surface area contributed by atoms with Crippen molar-refractivity contribution in [2.75, 3.05) is 11.9 Å². The van der Waals surface area contributed by atoms with E-state index in [1.54, 1.807) is 0 Å². The molecule has 154 valence electrons. The van der Waals surface area contributed by atoms with Crippen molar-refractivity contribution in [3.63, 3.8) is 0 Å². The van der Waals surface area contributed by atoms with E-state index in [0.717, 1.165) is 16.8 Å². The molecule has 0 radical (unpaired) electrons. The fraction of sp³-hybridized carbons (Fsp3) is 0.375. The van der Waals surface area contributed by atoms with Crippen LogP contribution in [0.2, 0.25) is 0 Å². The number of quaternary nitrogens is 1. The van der Waals surface area contributed by atoms with E-state index in [-0.39, 0.29) is 29.7 Å². The summed E-state index contributed by atoms with van der Waals surface area (Å²) in [6.45, 7) is 4.46. The van der Waals surface area contributed by atoms with Crippen LogP contribution in [0, 0.1) is 17.8 Å². The monoisotopic (exact) mass is 404 g/mol. The van der Waals surface area contributed by atoms with Gasteiger partial charge in [0.25, 0.3) is 5.91 Å². The van der Waals surface area contributed by atoms with Gasteiger partial charge in [-0.2, -0.15) is 0 Å². The van der Waals surface area contributed by atoms with Gasteiger partial charge < -0.3 is 10.6 Å². The molecular weight excluding hydrogens is 378 g/mol. The van der Waals surface area contributed by atoms with E-state index >= 15 is 0 Å². The molecule has 0 saturated carbocycles. The smallest absolute Gasteiger partial charge is 0.291 e. The Kier molecular flexibility index (Phi) is 4.29. The topological polar surface area (TPSA) is 83.1 Å². The normalized spacial score (nSPS) is 29.6. The van der Waals surface area contributed by atoms with Gasteiger partial charge in [-0.25, -0.2) is 0 Å². The molecule has 3 N–H and O–H groups in total. The van der Waals surface area contributed by atoms with E-state index in [2.05, 4.69) is 19.2 Å². The Morgan fingerprint density at radius 2 is 1.70 bits per heavy atom. The largest absolute Gasteiger partial charge is 0.326 e. The fourth-order valence-electron chi connectivity index (χ4n) is 5.62. The van der Waals surface area contributed by atoms with Crippen molar-refractivity contribution in [1.29, 1.82) is 0 Å². The molecule has 6 nitrogen and oxygen atoms in total. The van der Waals surface area contributed by atoms with Gasteiger partial charge in [0.2, 0.25) is 17.4 Å². The second-order valence-electron chi connectivity index (χ2n) is 8.92. The molecule has 1 spiro atoms. The van der Waals surface area contributed by atoms with Gasteiger partial charge in [0.15, 0.2) is 0 Å². The lowest BCUT2D eigenvalue weighted by atomic mass is 9.76. The number of benzene rings is 2. The molecule has 0 aromatic heterocycles. The molecule has 30 heavy (non-hydrogen) atoms. The summed E-state index contributed by atoms with van der Waals surface area (Å²) in [5.74, 6) is -1.53. The van der Waals surface area contributed by atoms with Crippen molar-refractivity contribution in [1.82, 2.24) is 4.90 Å². The van der Waals surface area contributed by atoms with Gasteiger partial charge in [-0.1, -0.05) is 62.4 Å². The van der Waals surface area contributed by atoms with Gasteiger partial charge in [-0.05, 0) is 18.1 Å². The van der Waals surface area contributed by atoms with Gasteiger partial charge in [-0.15, -0.1) is 0 Å². The Hall–Kier alpha value is -2.99. The van der Waals surface area contributed by atoms with Crippen LogP contribution in [0.5, 0.6) is 0 Å². The van der Waals surface area contributed by atoms with Crippen molar-refractivity contribution >= 4 is 23.4 Å². The zero-order valence-corrected chi connectivity index (χ0v) is 17.2. The van der Waals surface area contributed by atoms with Crippen LogP contribution in [-0.4, -0.2) is 35.2 Å². The molecule has 3 aliphatic rings. The molecule has 2 saturated heterocycles. The van der Waals surface area contributed by atoms with Crippen LogP contribution in [0.3, 0.4) is 0 Å². The summed E-state index contributed by atoms with van der Waals surface area (Å²) < 4.78 is 0. The number of hydrogen-bond acceptors (Lipinski definition) is 3. The highest BCUT2D eigenvalue weighted by atomic mass is 16.2. The van der Waals surface area contributed by atoms with Gasteiger partial charge in [0.05, 0.1) is 5.69 Å². The summed E-state index contributed by atoms with van der Waals surface area (Å²) in [5, 5.41) is 4.96. The number of hydrogen-bond donors (Lipinski definition) is 2. The average Bonchev–Trinajstić information content (AvgIpc) is 3.33. The quantitative estimate of drug-likeness (QED) is 0.753. The minimum absolute atomic E-state index is 0.120. The molecule has 0 bridgehead atoms. The molecule has 3 aliphatic heterocycles. The lowest BCUT2D eigenvalue weighted by Gasteiger charge is -2.27. The highest BCUT2D eigenvalue weighted by molar-refractivity contribution is 6.13. The van der Waals surface area contributed by atoms with Crippen LogP contribution < -0.4 is 10.6 Å². The second kappa shape index (κ2) is 6.77. The third-order valence-corrected chi connectivity index (χ3v) is 7.04. The summed E-state index contributed by atoms with van der Waals surface area (Å²) in [6, 6.07) is 17.3. The van der Waals surface area contributed by atoms with Gasteiger partial charge in [0.1, 0.15) is 17.9 Å². The maximum atomic E-state index is 13.6. The predicted octanol–water partition coefficient (Wildman–Crippen LogP) is 1.28. The number of fused-ring (bicyclic) bond motifs is 4. The van der Waals surface area contributed by atoms with Crippen LogP contribution in [0.1, 0.15) is 25.0 Å². The Morgan fingerprint density at radius 3 is 2.43 bits per heavy atom. The molecule has 5 rings (SSSR count). The van der Waals surface area contributed by atoms with E-state index in [9.17, 15) is 14.4 Å². The van der Waals surface area contributed by atoms with Crippen molar-refractivity contribution in [2.24, 2.45) is 17.8 Å². The molecule has 0 unspecified atom stereocenters. The number of likely N-dealkylation sites (tertiary alicyclic amines) is 1. The summed E-state index contributed by atoms with van der Waals surface area (Å²) >= 11 is 0. The maximum absolute atomic E-state index is 13.6. The Bertz CT molecular complexity index is 1040. The second-order valence-corrected chi connectivity index (χ2v) is 8.92. The van der Waals surface area contributed by atoms with E-state index < -0.39 is 17.4 Å². The lowest BCUT2D eigenvalue weighted by molar-refractivity contribution is -0.738. The SMILES string of the molecule is CC(C)[C@@H]1[NH2+][C@]2(C(=O)Nc3ccccc32)[C@@H]2C(=O)N(CCc3ccccc3)C(=O)[C@@H]21. The Morgan fingerprint density at radius 1 is 1.00 bits per heavy atom. The molecule has 0 aliphatic carbocycles. The first kappa shape index (κ1) is 19.0. The summed E-state index contributed by atoms with van der Waals surface area (Å²) in [4.78, 5) is 41.7.